The summed E-state index contributed by atoms with van der Waals surface area (Å²) in [6, 6.07) is 28.5. The van der Waals surface area contributed by atoms with E-state index in [0.717, 1.165) is 16.8 Å². The van der Waals surface area contributed by atoms with Gasteiger partial charge in [-0.15, -0.1) is 0 Å². The first kappa shape index (κ1) is 17.8. The van der Waals surface area contributed by atoms with Crippen LogP contribution in [0.4, 0.5) is 5.69 Å². The van der Waals surface area contributed by atoms with Crippen LogP contribution in [-0.2, 0) is 0 Å². The average molecular weight is 361 g/mol. The van der Waals surface area contributed by atoms with Crippen LogP contribution in [0.2, 0.25) is 0 Å². The van der Waals surface area contributed by atoms with Crippen molar-refractivity contribution in [2.24, 2.45) is 5.10 Å². The van der Waals surface area contributed by atoms with E-state index < -0.39 is 6.10 Å². The van der Waals surface area contributed by atoms with E-state index in [-0.39, 0.29) is 0 Å². The predicted molar refractivity (Wildman–Crippen MR) is 110 cm³/mol. The van der Waals surface area contributed by atoms with Gasteiger partial charge in [0.15, 0.2) is 5.11 Å². The highest BCUT2D eigenvalue weighted by molar-refractivity contribution is 7.80. The third-order valence-corrected chi connectivity index (χ3v) is 3.95. The molecule has 0 aliphatic carbocycles. The minimum absolute atomic E-state index is 0.352. The topological polar surface area (TPSA) is 56.7 Å². The molecule has 3 N–H and O–H groups in total. The van der Waals surface area contributed by atoms with Gasteiger partial charge in [-0.3, -0.25) is 5.43 Å². The van der Waals surface area contributed by atoms with Crippen molar-refractivity contribution < 1.29 is 5.11 Å². The van der Waals surface area contributed by atoms with Crippen molar-refractivity contribution in [1.82, 2.24) is 5.43 Å². The lowest BCUT2D eigenvalue weighted by Crippen LogP contribution is -2.27. The number of hydrogen-bond donors (Lipinski definition) is 3. The number of thiocarbonyl (C=S) groups is 1. The molecule has 3 rings (SSSR count). The summed E-state index contributed by atoms with van der Waals surface area (Å²) in [5.41, 5.74) is 5.77. The minimum Gasteiger partial charge on any atom is -0.382 e. The Kier molecular flexibility index (Phi) is 6.09. The molecule has 0 aliphatic rings. The van der Waals surface area contributed by atoms with Crippen LogP contribution in [0.3, 0.4) is 0 Å². The number of aliphatic hydroxyl groups is 1. The summed E-state index contributed by atoms with van der Waals surface area (Å²) in [7, 11) is 0. The molecule has 4 nitrogen and oxygen atoms in total. The largest absolute Gasteiger partial charge is 0.382 e. The van der Waals surface area contributed by atoms with Gasteiger partial charge >= 0.3 is 0 Å². The smallest absolute Gasteiger partial charge is 0.191 e. The molecule has 0 heterocycles. The number of hydrazone groups is 1. The highest BCUT2D eigenvalue weighted by Crippen LogP contribution is 2.19. The lowest BCUT2D eigenvalue weighted by atomic mass is 9.99. The molecule has 0 spiro atoms. The Bertz CT molecular complexity index is 868. The zero-order chi connectivity index (χ0) is 18.2. The molecule has 130 valence electrons. The number of anilines is 1. The highest BCUT2D eigenvalue weighted by Gasteiger charge is 2.17. The molecular weight excluding hydrogens is 342 g/mol. The second-order valence-corrected chi connectivity index (χ2v) is 6.02. The zero-order valence-electron chi connectivity index (χ0n) is 14.0. The fourth-order valence-corrected chi connectivity index (χ4v) is 2.64. The van der Waals surface area contributed by atoms with Crippen molar-refractivity contribution in [3.63, 3.8) is 0 Å². The maximum Gasteiger partial charge on any atom is 0.191 e. The van der Waals surface area contributed by atoms with Gasteiger partial charge in [0.25, 0.3) is 0 Å². The van der Waals surface area contributed by atoms with E-state index in [2.05, 4.69) is 15.8 Å². The molecule has 26 heavy (non-hydrogen) atoms. The van der Waals surface area contributed by atoms with Gasteiger partial charge in [0.1, 0.15) is 11.8 Å². The summed E-state index contributed by atoms with van der Waals surface area (Å²) in [5.74, 6) is 0. The molecule has 3 aromatic rings. The molecule has 3 aromatic carbocycles. The lowest BCUT2D eigenvalue weighted by molar-refractivity contribution is 0.247. The number of benzene rings is 3. The van der Waals surface area contributed by atoms with Crippen LogP contribution < -0.4 is 10.7 Å². The molecule has 0 radical (unpaired) electrons. The second kappa shape index (κ2) is 8.89. The van der Waals surface area contributed by atoms with E-state index in [9.17, 15) is 5.11 Å². The molecule has 5 heteroatoms. The van der Waals surface area contributed by atoms with E-state index in [1.165, 1.54) is 0 Å². The van der Waals surface area contributed by atoms with Crippen LogP contribution in [0.15, 0.2) is 96.1 Å². The Morgan fingerprint density at radius 3 is 1.96 bits per heavy atom. The number of aliphatic hydroxyl groups excluding tert-OH is 1. The van der Waals surface area contributed by atoms with Crippen molar-refractivity contribution in [2.75, 3.05) is 5.32 Å². The van der Waals surface area contributed by atoms with Crippen molar-refractivity contribution in [1.29, 1.82) is 0 Å². The second-order valence-electron chi connectivity index (χ2n) is 5.61. The number of para-hydroxylation sites is 1. The molecule has 0 bridgehead atoms. The van der Waals surface area contributed by atoms with Crippen LogP contribution in [0.25, 0.3) is 0 Å². The van der Waals surface area contributed by atoms with Crippen LogP contribution in [0.5, 0.6) is 0 Å². The van der Waals surface area contributed by atoms with Crippen LogP contribution in [-0.4, -0.2) is 15.9 Å². The maximum absolute atomic E-state index is 10.8. The van der Waals surface area contributed by atoms with Gasteiger partial charge in [-0.2, -0.15) is 5.10 Å². The average Bonchev–Trinajstić information content (AvgIpc) is 2.70. The Balaban J connectivity index is 1.81. The van der Waals surface area contributed by atoms with E-state index in [4.69, 9.17) is 12.2 Å². The standard InChI is InChI=1S/C21H19N3OS/c25-20(17-12-6-2-7-13-17)19(16-10-4-1-5-11-16)23-24-21(26)22-18-14-8-3-9-15-18/h1-15,20,25H,(H2,22,24,26)/b23-19+. The summed E-state index contributed by atoms with van der Waals surface area (Å²) in [4.78, 5) is 0. The van der Waals surface area contributed by atoms with Gasteiger partial charge in [0, 0.05) is 11.3 Å². The number of nitrogens with one attached hydrogen (secondary N) is 2. The lowest BCUT2D eigenvalue weighted by Gasteiger charge is -2.15. The molecular formula is C21H19N3OS. The molecule has 0 saturated carbocycles. The van der Waals surface area contributed by atoms with Gasteiger partial charge < -0.3 is 10.4 Å². The van der Waals surface area contributed by atoms with Crippen LogP contribution in [0, 0.1) is 0 Å². The number of hydrogen-bond acceptors (Lipinski definition) is 3. The third-order valence-electron chi connectivity index (χ3n) is 3.75. The Morgan fingerprint density at radius 2 is 1.35 bits per heavy atom. The monoisotopic (exact) mass is 361 g/mol. The molecule has 0 aromatic heterocycles. The minimum atomic E-state index is -0.870. The van der Waals surface area contributed by atoms with Crippen molar-refractivity contribution in [3.8, 4) is 0 Å². The summed E-state index contributed by atoms with van der Waals surface area (Å²) in [6.45, 7) is 0. The summed E-state index contributed by atoms with van der Waals surface area (Å²) >= 11 is 5.30. The normalized spacial score (nSPS) is 12.3. The fraction of sp³-hybridized carbons (Fsp3) is 0.0476. The van der Waals surface area contributed by atoms with Crippen molar-refractivity contribution >= 4 is 28.7 Å². The van der Waals surface area contributed by atoms with Gasteiger partial charge in [0.2, 0.25) is 0 Å². The number of rotatable bonds is 5. The van der Waals surface area contributed by atoms with Crippen LogP contribution in [0.1, 0.15) is 17.2 Å². The first-order valence-corrected chi connectivity index (χ1v) is 8.63. The first-order chi connectivity index (χ1) is 12.7. The van der Waals surface area contributed by atoms with E-state index in [1.54, 1.807) is 0 Å². The van der Waals surface area contributed by atoms with E-state index in [0.29, 0.717) is 10.8 Å². The molecule has 0 fully saturated rings. The van der Waals surface area contributed by atoms with Crippen LogP contribution >= 0.6 is 12.2 Å². The Labute approximate surface area is 158 Å². The quantitative estimate of drug-likeness (QED) is 0.364. The summed E-state index contributed by atoms with van der Waals surface area (Å²) < 4.78 is 0. The SMILES string of the molecule is OC(/C(=N/NC(=S)Nc1ccccc1)c1ccccc1)c1ccccc1. The molecule has 0 aliphatic heterocycles. The highest BCUT2D eigenvalue weighted by atomic mass is 32.1. The zero-order valence-corrected chi connectivity index (χ0v) is 14.9. The molecule has 1 unspecified atom stereocenters. The van der Waals surface area contributed by atoms with E-state index >= 15 is 0 Å². The van der Waals surface area contributed by atoms with Gasteiger partial charge in [-0.1, -0.05) is 78.9 Å². The summed E-state index contributed by atoms with van der Waals surface area (Å²) in [6.07, 6.45) is -0.870. The van der Waals surface area contributed by atoms with Crippen molar-refractivity contribution in [2.45, 2.75) is 6.10 Å². The van der Waals surface area contributed by atoms with Crippen molar-refractivity contribution in [3.05, 3.63) is 102 Å². The predicted octanol–water partition coefficient (Wildman–Crippen LogP) is 4.11. The van der Waals surface area contributed by atoms with Gasteiger partial charge in [-0.25, -0.2) is 0 Å². The Morgan fingerprint density at radius 1 is 0.808 bits per heavy atom. The summed E-state index contributed by atoms with van der Waals surface area (Å²) in [5, 5.41) is 18.6. The third kappa shape index (κ3) is 4.75. The molecule has 0 amide bonds. The fourth-order valence-electron chi connectivity index (χ4n) is 2.48. The van der Waals surface area contributed by atoms with Gasteiger partial charge in [0.05, 0.1) is 0 Å². The molecule has 0 saturated heterocycles. The van der Waals surface area contributed by atoms with E-state index in [1.807, 2.05) is 91.0 Å². The van der Waals surface area contributed by atoms with Gasteiger partial charge in [-0.05, 0) is 29.9 Å². The molecule has 1 atom stereocenters. The first-order valence-electron chi connectivity index (χ1n) is 8.22. The maximum atomic E-state index is 10.8. The Hall–Kier alpha value is -3.02. The number of nitrogens with zero attached hydrogens (tertiary/aromatic N) is 1.